The lowest BCUT2D eigenvalue weighted by Gasteiger charge is -1.95. The Bertz CT molecular complexity index is 228. The highest BCUT2D eigenvalue weighted by molar-refractivity contribution is 6.51. The van der Waals surface area contributed by atoms with E-state index in [1.165, 1.54) is 18.2 Å². The summed E-state index contributed by atoms with van der Waals surface area (Å²) in [5.74, 6) is 0. The van der Waals surface area contributed by atoms with E-state index < -0.39 is 7.12 Å². The molecule has 12 heavy (non-hydrogen) atoms. The molecule has 4 heteroatoms. The quantitative estimate of drug-likeness (QED) is 0.272. The molecule has 0 spiro atoms. The van der Waals surface area contributed by atoms with Crippen molar-refractivity contribution in [3.05, 3.63) is 35.9 Å². The predicted molar refractivity (Wildman–Crippen MR) is 48.3 cm³/mol. The molecular weight excluding hydrogens is 155 g/mol. The monoisotopic (exact) mass is 166 g/mol. The number of allylic oxidation sites excluding steroid dienone is 5. The van der Waals surface area contributed by atoms with Gasteiger partial charge in [-0.15, -0.1) is 0 Å². The largest absolute Gasteiger partial charge is 0.488 e. The number of carbonyl (C=O) groups is 1. The Morgan fingerprint density at radius 1 is 1.42 bits per heavy atom. The molecule has 64 valence electrons. The highest BCUT2D eigenvalue weighted by Gasteiger charge is 2.09. The number of carbonyl (C=O) groups excluding carboxylic acids is 1. The van der Waals surface area contributed by atoms with E-state index in [0.29, 0.717) is 11.9 Å². The van der Waals surface area contributed by atoms with Crippen molar-refractivity contribution in [3.8, 4) is 0 Å². The Balaban J connectivity index is 4.50. The van der Waals surface area contributed by atoms with Crippen LogP contribution in [0.3, 0.4) is 0 Å². The Kier molecular flexibility index (Phi) is 5.00. The van der Waals surface area contributed by atoms with Crippen LogP contribution < -0.4 is 0 Å². The van der Waals surface area contributed by atoms with E-state index in [9.17, 15) is 4.79 Å². The summed E-state index contributed by atoms with van der Waals surface area (Å²) in [4.78, 5) is 10.1. The van der Waals surface area contributed by atoms with Gasteiger partial charge in [0.15, 0.2) is 0 Å². The van der Waals surface area contributed by atoms with Gasteiger partial charge >= 0.3 is 7.12 Å². The Labute approximate surface area is 71.9 Å². The summed E-state index contributed by atoms with van der Waals surface area (Å²) in [6.07, 6.45) is 4.92. The van der Waals surface area contributed by atoms with Crippen molar-refractivity contribution < 1.29 is 14.8 Å². The second-order valence-electron chi connectivity index (χ2n) is 2.27. The molecule has 0 radical (unpaired) electrons. The highest BCUT2D eigenvalue weighted by Crippen LogP contribution is 1.99. The highest BCUT2D eigenvalue weighted by atomic mass is 16.4. The first kappa shape index (κ1) is 10.9. The third kappa shape index (κ3) is 3.90. The van der Waals surface area contributed by atoms with E-state index in [2.05, 4.69) is 6.58 Å². The molecule has 0 unspecified atom stereocenters. The summed E-state index contributed by atoms with van der Waals surface area (Å²) < 4.78 is 0. The second-order valence-corrected chi connectivity index (χ2v) is 2.27. The maximum Gasteiger partial charge on any atom is 0.488 e. The van der Waals surface area contributed by atoms with Crippen molar-refractivity contribution in [2.75, 3.05) is 0 Å². The molecule has 0 aliphatic rings. The van der Waals surface area contributed by atoms with Crippen LogP contribution in [0.2, 0.25) is 0 Å². The van der Waals surface area contributed by atoms with Crippen LogP contribution in [-0.4, -0.2) is 23.5 Å². The summed E-state index contributed by atoms with van der Waals surface area (Å²) >= 11 is 0. The first-order valence-electron chi connectivity index (χ1n) is 3.44. The molecule has 0 aromatic carbocycles. The van der Waals surface area contributed by atoms with Crippen LogP contribution in [0.5, 0.6) is 0 Å². The van der Waals surface area contributed by atoms with Crippen molar-refractivity contribution in [1.82, 2.24) is 0 Å². The van der Waals surface area contributed by atoms with Crippen molar-refractivity contribution in [1.29, 1.82) is 0 Å². The molecule has 0 heterocycles. The zero-order valence-electron chi connectivity index (χ0n) is 6.90. The summed E-state index contributed by atoms with van der Waals surface area (Å²) in [5, 5.41) is 17.4. The van der Waals surface area contributed by atoms with Crippen LogP contribution in [0.25, 0.3) is 0 Å². The lowest BCUT2D eigenvalue weighted by molar-refractivity contribution is -0.104. The molecular formula is C8H11BO3. The molecule has 0 rings (SSSR count). The summed E-state index contributed by atoms with van der Waals surface area (Å²) in [6, 6.07) is 0. The van der Waals surface area contributed by atoms with Crippen LogP contribution in [0.15, 0.2) is 35.9 Å². The van der Waals surface area contributed by atoms with Crippen molar-refractivity contribution in [2.45, 2.75) is 6.92 Å². The van der Waals surface area contributed by atoms with Gasteiger partial charge in [0.1, 0.15) is 6.29 Å². The van der Waals surface area contributed by atoms with Gasteiger partial charge in [-0.3, -0.25) is 4.79 Å². The van der Waals surface area contributed by atoms with Crippen LogP contribution in [0.1, 0.15) is 6.92 Å². The fourth-order valence-electron chi connectivity index (χ4n) is 0.526. The molecule has 0 aromatic heterocycles. The SMILES string of the molecule is C=C/C(=C\C=C(/C)C=O)B(O)O. The topological polar surface area (TPSA) is 57.5 Å². The summed E-state index contributed by atoms with van der Waals surface area (Å²) in [6.45, 7) is 5.00. The molecule has 3 nitrogen and oxygen atoms in total. The fourth-order valence-corrected chi connectivity index (χ4v) is 0.526. The Morgan fingerprint density at radius 3 is 2.33 bits per heavy atom. The predicted octanol–water partition coefficient (Wildman–Crippen LogP) is 0.256. The molecule has 0 bridgehead atoms. The van der Waals surface area contributed by atoms with Crippen molar-refractivity contribution in [3.63, 3.8) is 0 Å². The molecule has 0 saturated carbocycles. The molecule has 0 aromatic rings. The number of rotatable bonds is 4. The number of aldehydes is 1. The second kappa shape index (κ2) is 5.52. The van der Waals surface area contributed by atoms with Gasteiger partial charge < -0.3 is 10.0 Å². The zero-order valence-corrected chi connectivity index (χ0v) is 6.90. The average Bonchev–Trinajstić information content (AvgIpc) is 2.04. The van der Waals surface area contributed by atoms with Gasteiger partial charge in [0.25, 0.3) is 0 Å². The van der Waals surface area contributed by atoms with E-state index in [4.69, 9.17) is 10.0 Å². The van der Waals surface area contributed by atoms with Crippen LogP contribution in [0.4, 0.5) is 0 Å². The van der Waals surface area contributed by atoms with Gasteiger partial charge in [0.2, 0.25) is 0 Å². The third-order valence-corrected chi connectivity index (χ3v) is 1.26. The van der Waals surface area contributed by atoms with E-state index >= 15 is 0 Å². The minimum Gasteiger partial charge on any atom is -0.423 e. The lowest BCUT2D eigenvalue weighted by Crippen LogP contribution is -2.13. The molecule has 0 atom stereocenters. The molecule has 0 saturated heterocycles. The molecule has 0 aliphatic heterocycles. The summed E-state index contributed by atoms with van der Waals surface area (Å²) in [5.41, 5.74) is 0.770. The van der Waals surface area contributed by atoms with Gasteiger partial charge in [-0.2, -0.15) is 0 Å². The molecule has 0 aliphatic carbocycles. The Hall–Kier alpha value is -1.13. The smallest absolute Gasteiger partial charge is 0.423 e. The van der Waals surface area contributed by atoms with Gasteiger partial charge in [0, 0.05) is 0 Å². The van der Waals surface area contributed by atoms with Gasteiger partial charge in [-0.05, 0) is 18.0 Å². The van der Waals surface area contributed by atoms with Crippen molar-refractivity contribution in [2.24, 2.45) is 0 Å². The lowest BCUT2D eigenvalue weighted by atomic mass is 9.79. The third-order valence-electron chi connectivity index (χ3n) is 1.26. The molecule has 0 fully saturated rings. The first-order chi connectivity index (χ1) is 5.61. The number of hydrogen-bond donors (Lipinski definition) is 2. The van der Waals surface area contributed by atoms with Crippen molar-refractivity contribution >= 4 is 13.4 Å². The van der Waals surface area contributed by atoms with Crippen LogP contribution >= 0.6 is 0 Å². The zero-order chi connectivity index (χ0) is 9.56. The maximum atomic E-state index is 10.1. The Morgan fingerprint density at radius 2 is 2.00 bits per heavy atom. The standard InChI is InChI=1S/C8H11BO3/c1-3-8(9(11)12)5-4-7(2)6-10/h3-6,11-12H,1H2,2H3/b7-4+,8-5+. The van der Waals surface area contributed by atoms with E-state index in [0.717, 1.165) is 0 Å². The van der Waals surface area contributed by atoms with E-state index in [-0.39, 0.29) is 5.47 Å². The minimum absolute atomic E-state index is 0.260. The van der Waals surface area contributed by atoms with Gasteiger partial charge in [0.05, 0.1) is 0 Å². The summed E-state index contributed by atoms with van der Waals surface area (Å²) in [7, 11) is -1.54. The average molecular weight is 166 g/mol. The first-order valence-corrected chi connectivity index (χ1v) is 3.44. The minimum atomic E-state index is -1.54. The van der Waals surface area contributed by atoms with Gasteiger partial charge in [-0.25, -0.2) is 0 Å². The molecule has 0 amide bonds. The molecule has 2 N–H and O–H groups in total. The van der Waals surface area contributed by atoms with E-state index in [1.807, 2.05) is 0 Å². The van der Waals surface area contributed by atoms with Gasteiger partial charge in [-0.1, -0.05) is 24.8 Å². The fraction of sp³-hybridized carbons (Fsp3) is 0.125. The number of hydrogen-bond acceptors (Lipinski definition) is 3. The van der Waals surface area contributed by atoms with Crippen LogP contribution in [0, 0.1) is 0 Å². The van der Waals surface area contributed by atoms with E-state index in [1.54, 1.807) is 6.92 Å². The normalized spacial score (nSPS) is 12.6. The maximum absolute atomic E-state index is 10.1. The van der Waals surface area contributed by atoms with Crippen LogP contribution in [-0.2, 0) is 4.79 Å².